The molecule has 8 nitrogen and oxygen atoms in total. The van der Waals surface area contributed by atoms with Crippen LogP contribution in [-0.2, 0) is 0 Å². The van der Waals surface area contributed by atoms with Gasteiger partial charge in [0.2, 0.25) is 0 Å². The minimum Gasteiger partial charge on any atom is -0.507 e. The highest BCUT2D eigenvalue weighted by atomic mass is 16.3. The normalized spacial score (nSPS) is 19.8. The molecule has 2 aromatic carbocycles. The first-order valence-corrected chi connectivity index (χ1v) is 8.09. The van der Waals surface area contributed by atoms with Crippen LogP contribution >= 0.6 is 0 Å². The van der Waals surface area contributed by atoms with Crippen molar-refractivity contribution < 1.29 is 19.8 Å². The van der Waals surface area contributed by atoms with Crippen molar-refractivity contribution >= 4 is 11.8 Å². The molecule has 0 aromatic heterocycles. The highest BCUT2D eigenvalue weighted by Crippen LogP contribution is 2.27. The van der Waals surface area contributed by atoms with Crippen LogP contribution in [0.4, 0.5) is 0 Å². The van der Waals surface area contributed by atoms with Gasteiger partial charge in [-0.2, -0.15) is 0 Å². The third-order valence-electron chi connectivity index (χ3n) is 4.51. The van der Waals surface area contributed by atoms with E-state index in [0.29, 0.717) is 13.1 Å². The van der Waals surface area contributed by atoms with Crippen molar-refractivity contribution in [3.05, 3.63) is 58.7 Å². The zero-order valence-electron chi connectivity index (χ0n) is 13.9. The molecular weight excluding hydrogens is 336 g/mol. The molecule has 8 N–H and O–H groups in total. The van der Waals surface area contributed by atoms with E-state index in [4.69, 9.17) is 11.5 Å². The maximum Gasteiger partial charge on any atom is 0.252 e. The van der Waals surface area contributed by atoms with E-state index in [1.165, 1.54) is 12.1 Å². The van der Waals surface area contributed by atoms with E-state index in [9.17, 15) is 19.8 Å². The first kappa shape index (κ1) is 17.7. The van der Waals surface area contributed by atoms with Crippen LogP contribution in [0.1, 0.15) is 43.9 Å². The third kappa shape index (κ3) is 3.46. The van der Waals surface area contributed by atoms with Crippen molar-refractivity contribution in [2.24, 2.45) is 11.5 Å². The van der Waals surface area contributed by atoms with E-state index in [-0.39, 0.29) is 34.7 Å². The van der Waals surface area contributed by atoms with E-state index >= 15 is 0 Å². The second kappa shape index (κ2) is 7.03. The number of hydrogen-bond acceptors (Lipinski definition) is 6. The Morgan fingerprint density at radius 3 is 1.50 bits per heavy atom. The van der Waals surface area contributed by atoms with Gasteiger partial charge in [-0.05, 0) is 35.4 Å². The van der Waals surface area contributed by atoms with Gasteiger partial charge in [0.15, 0.2) is 0 Å². The Labute approximate surface area is 149 Å². The molecule has 3 rings (SSSR count). The van der Waals surface area contributed by atoms with Crippen LogP contribution in [0.25, 0.3) is 0 Å². The van der Waals surface area contributed by atoms with Crippen molar-refractivity contribution in [2.75, 3.05) is 13.1 Å². The quantitative estimate of drug-likeness (QED) is 0.463. The number of phenols is 2. The molecular formula is C18H20N4O4. The van der Waals surface area contributed by atoms with Gasteiger partial charge in [-0.3, -0.25) is 9.59 Å². The van der Waals surface area contributed by atoms with Crippen molar-refractivity contribution in [1.82, 2.24) is 10.6 Å². The molecule has 26 heavy (non-hydrogen) atoms. The topological polar surface area (TPSA) is 151 Å². The van der Waals surface area contributed by atoms with Gasteiger partial charge >= 0.3 is 0 Å². The van der Waals surface area contributed by atoms with Gasteiger partial charge in [0.25, 0.3) is 11.8 Å². The maximum atomic E-state index is 11.4. The van der Waals surface area contributed by atoms with Gasteiger partial charge in [-0.25, -0.2) is 0 Å². The van der Waals surface area contributed by atoms with Crippen molar-refractivity contribution in [3.63, 3.8) is 0 Å². The predicted octanol–water partition coefficient (Wildman–Crippen LogP) is 0.271. The number of hydrogen-bond donors (Lipinski definition) is 6. The summed E-state index contributed by atoms with van der Waals surface area (Å²) in [5.74, 6) is -1.67. The molecule has 0 spiro atoms. The summed E-state index contributed by atoms with van der Waals surface area (Å²) < 4.78 is 0. The standard InChI is InChI=1S/C18H20N4O4/c19-17(25)11-5-9(1-3-15(11)23)13-7-22-14(8-21-13)10-2-4-16(24)12(6-10)18(20)26/h1-6,13-14,21-24H,7-8H2,(H2,19,25)(H2,20,26)/t13-,14-/m0/s1. The van der Waals surface area contributed by atoms with Crippen LogP contribution in [0.3, 0.4) is 0 Å². The predicted molar refractivity (Wildman–Crippen MR) is 94.7 cm³/mol. The molecule has 1 fully saturated rings. The van der Waals surface area contributed by atoms with Crippen LogP contribution in [0.15, 0.2) is 36.4 Å². The Kier molecular flexibility index (Phi) is 4.79. The van der Waals surface area contributed by atoms with Gasteiger partial charge in [-0.15, -0.1) is 0 Å². The summed E-state index contributed by atoms with van der Waals surface area (Å²) in [6, 6.07) is 9.35. The number of carbonyl (C=O) groups is 2. The number of nitrogens with one attached hydrogen (secondary N) is 2. The summed E-state index contributed by atoms with van der Waals surface area (Å²) in [4.78, 5) is 22.8. The molecule has 2 atom stereocenters. The molecule has 8 heteroatoms. The van der Waals surface area contributed by atoms with Crippen LogP contribution < -0.4 is 22.1 Å². The first-order valence-electron chi connectivity index (χ1n) is 8.09. The number of benzene rings is 2. The first-order chi connectivity index (χ1) is 12.4. The molecule has 1 aliphatic heterocycles. The van der Waals surface area contributed by atoms with Crippen LogP contribution in [-0.4, -0.2) is 35.1 Å². The van der Waals surface area contributed by atoms with Crippen molar-refractivity contribution in [3.8, 4) is 11.5 Å². The lowest BCUT2D eigenvalue weighted by Gasteiger charge is -2.32. The summed E-state index contributed by atoms with van der Waals surface area (Å²) in [6.45, 7) is 1.11. The van der Waals surface area contributed by atoms with E-state index in [1.807, 2.05) is 0 Å². The highest BCUT2D eigenvalue weighted by molar-refractivity contribution is 5.96. The number of amides is 2. The van der Waals surface area contributed by atoms with E-state index in [1.54, 1.807) is 24.3 Å². The smallest absolute Gasteiger partial charge is 0.252 e. The molecule has 2 aromatic rings. The Hall–Kier alpha value is -3.10. The zero-order chi connectivity index (χ0) is 18.8. The lowest BCUT2D eigenvalue weighted by atomic mass is 9.97. The van der Waals surface area contributed by atoms with Crippen molar-refractivity contribution in [1.29, 1.82) is 0 Å². The van der Waals surface area contributed by atoms with Gasteiger partial charge in [-0.1, -0.05) is 12.1 Å². The molecule has 0 radical (unpaired) electrons. The second-order valence-corrected chi connectivity index (χ2v) is 6.20. The number of nitrogens with two attached hydrogens (primary N) is 2. The zero-order valence-corrected chi connectivity index (χ0v) is 13.9. The van der Waals surface area contributed by atoms with E-state index in [2.05, 4.69) is 10.6 Å². The summed E-state index contributed by atoms with van der Waals surface area (Å²) >= 11 is 0. The molecule has 0 bridgehead atoms. The summed E-state index contributed by atoms with van der Waals surface area (Å²) in [6.07, 6.45) is 0. The lowest BCUT2D eigenvalue weighted by Crippen LogP contribution is -2.45. The molecule has 1 aliphatic rings. The fraction of sp³-hybridized carbons (Fsp3) is 0.222. The fourth-order valence-electron chi connectivity index (χ4n) is 3.07. The summed E-state index contributed by atoms with van der Waals surface area (Å²) in [5.41, 5.74) is 12.3. The van der Waals surface area contributed by atoms with E-state index < -0.39 is 11.8 Å². The Morgan fingerprint density at radius 1 is 0.808 bits per heavy atom. The summed E-state index contributed by atoms with van der Waals surface area (Å²) in [7, 11) is 0. The minimum atomic E-state index is -0.686. The van der Waals surface area contributed by atoms with Crippen LogP contribution in [0.5, 0.6) is 11.5 Å². The highest BCUT2D eigenvalue weighted by Gasteiger charge is 2.24. The van der Waals surface area contributed by atoms with Gasteiger partial charge in [0.05, 0.1) is 11.1 Å². The number of aromatic hydroxyl groups is 2. The van der Waals surface area contributed by atoms with Gasteiger partial charge in [0.1, 0.15) is 11.5 Å². The Bertz CT molecular complexity index is 789. The summed E-state index contributed by atoms with van der Waals surface area (Å²) in [5, 5.41) is 26.1. The average Bonchev–Trinajstić information content (AvgIpc) is 2.62. The number of carbonyl (C=O) groups excluding carboxylic acids is 2. The van der Waals surface area contributed by atoms with Crippen LogP contribution in [0.2, 0.25) is 0 Å². The Morgan fingerprint density at radius 2 is 1.19 bits per heavy atom. The largest absolute Gasteiger partial charge is 0.507 e. The number of rotatable bonds is 4. The minimum absolute atomic E-state index is 0.0716. The molecule has 1 heterocycles. The molecule has 136 valence electrons. The molecule has 0 unspecified atom stereocenters. The maximum absolute atomic E-state index is 11.4. The molecule has 2 amide bonds. The van der Waals surface area contributed by atoms with Gasteiger partial charge in [0, 0.05) is 25.2 Å². The average molecular weight is 356 g/mol. The SMILES string of the molecule is NC(=O)c1cc([C@@H]2CN[C@H](c3ccc(O)c(C(N)=O)c3)CN2)ccc1O. The third-order valence-corrected chi connectivity index (χ3v) is 4.51. The molecule has 1 saturated heterocycles. The van der Waals surface area contributed by atoms with Gasteiger partial charge < -0.3 is 32.3 Å². The monoisotopic (exact) mass is 356 g/mol. The number of piperazine rings is 1. The molecule has 0 aliphatic carbocycles. The second-order valence-electron chi connectivity index (χ2n) is 6.20. The van der Waals surface area contributed by atoms with Crippen LogP contribution in [0, 0.1) is 0 Å². The number of primary amides is 2. The van der Waals surface area contributed by atoms with E-state index in [0.717, 1.165) is 11.1 Å². The lowest BCUT2D eigenvalue weighted by molar-refractivity contribution is 0.0988. The fourth-order valence-corrected chi connectivity index (χ4v) is 3.07. The van der Waals surface area contributed by atoms with Crippen molar-refractivity contribution in [2.45, 2.75) is 12.1 Å². The molecule has 0 saturated carbocycles. The Balaban J connectivity index is 1.74.